The van der Waals surface area contributed by atoms with Crippen LogP contribution in [0.2, 0.25) is 0 Å². The molecule has 204 valence electrons. The Kier molecular flexibility index (Phi) is 8.49. The second kappa shape index (κ2) is 11.1. The number of hydrogen-bond donors (Lipinski definition) is 2. The summed E-state index contributed by atoms with van der Waals surface area (Å²) in [6.07, 6.45) is -2.52. The molecule has 11 heteroatoms. The number of amides is 2. The molecule has 2 amide bonds. The Labute approximate surface area is 216 Å². The first-order valence-electron chi connectivity index (χ1n) is 12.3. The van der Waals surface area contributed by atoms with Gasteiger partial charge in [-0.1, -0.05) is 30.3 Å². The van der Waals surface area contributed by atoms with Gasteiger partial charge in [0.05, 0.1) is 31.4 Å². The van der Waals surface area contributed by atoms with Gasteiger partial charge in [-0.2, -0.15) is 0 Å². The van der Waals surface area contributed by atoms with Crippen LogP contribution < -0.4 is 5.32 Å². The van der Waals surface area contributed by atoms with Crippen LogP contribution in [0.25, 0.3) is 0 Å². The van der Waals surface area contributed by atoms with Crippen LogP contribution in [-0.2, 0) is 39.9 Å². The van der Waals surface area contributed by atoms with Gasteiger partial charge in [0.1, 0.15) is 11.6 Å². The highest BCUT2D eigenvalue weighted by Crippen LogP contribution is 2.27. The van der Waals surface area contributed by atoms with E-state index in [-0.39, 0.29) is 13.0 Å². The molecular weight excluding hydrogens is 484 g/mol. The number of cyclic esters (lactones) is 2. The maximum absolute atomic E-state index is 13.2. The van der Waals surface area contributed by atoms with Gasteiger partial charge in [0.2, 0.25) is 5.91 Å². The van der Waals surface area contributed by atoms with Crippen LogP contribution in [0, 0.1) is 5.92 Å². The molecule has 0 aliphatic carbocycles. The zero-order valence-corrected chi connectivity index (χ0v) is 22.1. The smallest absolute Gasteiger partial charge is 0.411 e. The SMILES string of the molecule is C[C@H](NC(=O)[C@@H]1C[C@@H](OCc2ccccc2)CN1C(=O)OC(C)(C)C)C(O)C1C(=O)OC(C)(C)OC1=O. The number of aliphatic hydroxyl groups is 1. The quantitative estimate of drug-likeness (QED) is 0.407. The maximum atomic E-state index is 13.2. The summed E-state index contributed by atoms with van der Waals surface area (Å²) in [6.45, 7) is 9.85. The summed E-state index contributed by atoms with van der Waals surface area (Å²) < 4.78 is 21.6. The van der Waals surface area contributed by atoms with E-state index in [1.54, 1.807) is 20.8 Å². The lowest BCUT2D eigenvalue weighted by molar-refractivity contribution is -0.245. The van der Waals surface area contributed by atoms with Gasteiger partial charge >= 0.3 is 18.0 Å². The summed E-state index contributed by atoms with van der Waals surface area (Å²) in [4.78, 5) is 52.1. The summed E-state index contributed by atoms with van der Waals surface area (Å²) >= 11 is 0. The number of nitrogens with zero attached hydrogens (tertiary/aromatic N) is 1. The molecule has 0 saturated carbocycles. The molecule has 0 spiro atoms. The number of hydrogen-bond acceptors (Lipinski definition) is 9. The summed E-state index contributed by atoms with van der Waals surface area (Å²) in [5.74, 6) is -5.53. The van der Waals surface area contributed by atoms with E-state index in [0.29, 0.717) is 6.61 Å². The molecule has 0 aromatic heterocycles. The molecule has 2 aliphatic heterocycles. The van der Waals surface area contributed by atoms with Gasteiger partial charge in [0.25, 0.3) is 5.79 Å². The zero-order chi connectivity index (χ0) is 27.5. The molecule has 4 atom stereocenters. The monoisotopic (exact) mass is 520 g/mol. The van der Waals surface area contributed by atoms with Crippen molar-refractivity contribution in [2.24, 2.45) is 5.92 Å². The number of esters is 2. The summed E-state index contributed by atoms with van der Waals surface area (Å²) in [5.41, 5.74) is 0.172. The fourth-order valence-electron chi connectivity index (χ4n) is 4.18. The van der Waals surface area contributed by atoms with Crippen molar-refractivity contribution in [3.8, 4) is 0 Å². The van der Waals surface area contributed by atoms with Crippen LogP contribution in [0.4, 0.5) is 4.79 Å². The van der Waals surface area contributed by atoms with Gasteiger partial charge in [-0.25, -0.2) is 4.79 Å². The number of nitrogens with one attached hydrogen (secondary N) is 1. The van der Waals surface area contributed by atoms with Crippen molar-refractivity contribution in [2.45, 2.75) is 90.2 Å². The van der Waals surface area contributed by atoms with Crippen molar-refractivity contribution >= 4 is 23.9 Å². The normalized spacial score (nSPS) is 23.6. The van der Waals surface area contributed by atoms with E-state index in [9.17, 15) is 24.3 Å². The fraction of sp³-hybridized carbons (Fsp3) is 0.615. The van der Waals surface area contributed by atoms with Gasteiger partial charge in [-0.15, -0.1) is 0 Å². The second-order valence-corrected chi connectivity index (χ2v) is 10.8. The maximum Gasteiger partial charge on any atom is 0.411 e. The van der Waals surface area contributed by atoms with Crippen LogP contribution in [0.5, 0.6) is 0 Å². The molecule has 2 N–H and O–H groups in total. The highest BCUT2D eigenvalue weighted by atomic mass is 16.7. The van der Waals surface area contributed by atoms with E-state index < -0.39 is 65.5 Å². The van der Waals surface area contributed by atoms with Crippen molar-refractivity contribution in [3.05, 3.63) is 35.9 Å². The van der Waals surface area contributed by atoms with Crippen molar-refractivity contribution < 1.29 is 43.2 Å². The van der Waals surface area contributed by atoms with Crippen molar-refractivity contribution in [2.75, 3.05) is 6.54 Å². The first-order valence-corrected chi connectivity index (χ1v) is 12.3. The van der Waals surface area contributed by atoms with E-state index in [2.05, 4.69) is 5.32 Å². The lowest BCUT2D eigenvalue weighted by atomic mass is 9.95. The van der Waals surface area contributed by atoms with Crippen molar-refractivity contribution in [1.82, 2.24) is 10.2 Å². The van der Waals surface area contributed by atoms with Crippen LogP contribution in [0.1, 0.15) is 53.5 Å². The minimum Gasteiger partial charge on any atom is -0.444 e. The lowest BCUT2D eigenvalue weighted by Gasteiger charge is -2.36. The molecule has 37 heavy (non-hydrogen) atoms. The number of carbonyl (C=O) groups is 4. The Balaban J connectivity index is 1.69. The summed E-state index contributed by atoms with van der Waals surface area (Å²) in [5, 5.41) is 13.3. The number of ether oxygens (including phenoxy) is 4. The molecule has 11 nitrogen and oxygen atoms in total. The number of benzene rings is 1. The molecule has 0 radical (unpaired) electrons. The first kappa shape index (κ1) is 28.4. The van der Waals surface area contributed by atoms with E-state index in [4.69, 9.17) is 18.9 Å². The minimum absolute atomic E-state index is 0.132. The Morgan fingerprint density at radius 2 is 1.76 bits per heavy atom. The predicted octanol–water partition coefficient (Wildman–Crippen LogP) is 1.90. The third-order valence-corrected chi connectivity index (χ3v) is 5.95. The Hall–Kier alpha value is -3.18. The van der Waals surface area contributed by atoms with Crippen LogP contribution in [0.3, 0.4) is 0 Å². The van der Waals surface area contributed by atoms with Crippen LogP contribution >= 0.6 is 0 Å². The van der Waals surface area contributed by atoms with Gasteiger partial charge in [0, 0.05) is 20.3 Å². The van der Waals surface area contributed by atoms with Crippen molar-refractivity contribution in [1.29, 1.82) is 0 Å². The van der Waals surface area contributed by atoms with Gasteiger partial charge in [-0.05, 0) is 33.3 Å². The Morgan fingerprint density at radius 1 is 1.16 bits per heavy atom. The molecule has 3 rings (SSSR count). The van der Waals surface area contributed by atoms with Crippen molar-refractivity contribution in [3.63, 3.8) is 0 Å². The van der Waals surface area contributed by atoms with Crippen LogP contribution in [-0.4, -0.2) is 76.2 Å². The lowest BCUT2D eigenvalue weighted by Crippen LogP contribution is -2.57. The third-order valence-electron chi connectivity index (χ3n) is 5.95. The summed E-state index contributed by atoms with van der Waals surface area (Å²) in [6, 6.07) is 7.52. The molecular formula is C26H36N2O9. The molecule has 2 heterocycles. The number of likely N-dealkylation sites (tertiary alicyclic amines) is 1. The van der Waals surface area contributed by atoms with E-state index >= 15 is 0 Å². The highest BCUT2D eigenvalue weighted by molar-refractivity contribution is 5.97. The number of carbonyl (C=O) groups excluding carboxylic acids is 4. The Bertz CT molecular complexity index is 985. The molecule has 2 fully saturated rings. The average molecular weight is 521 g/mol. The molecule has 1 unspecified atom stereocenters. The Morgan fingerprint density at radius 3 is 2.32 bits per heavy atom. The topological polar surface area (TPSA) is 141 Å². The zero-order valence-electron chi connectivity index (χ0n) is 22.1. The molecule has 0 bridgehead atoms. The van der Waals surface area contributed by atoms with Gasteiger partial charge in [0.15, 0.2) is 5.92 Å². The average Bonchev–Trinajstić information content (AvgIpc) is 3.20. The molecule has 2 aliphatic rings. The van der Waals surface area contributed by atoms with E-state index in [0.717, 1.165) is 5.56 Å². The summed E-state index contributed by atoms with van der Waals surface area (Å²) in [7, 11) is 0. The first-order chi connectivity index (χ1) is 17.2. The standard InChI is InChI=1S/C26H36N2O9/c1-15(20(29)19-22(31)35-26(5,6)36-23(19)32)27-21(30)18-12-17(34-14-16-10-8-7-9-11-16)13-28(18)24(33)37-25(2,3)4/h7-11,15,17-20,29H,12-14H2,1-6H3,(H,27,30)/t15-,17+,18-,20?/m0/s1. The number of rotatable bonds is 7. The third kappa shape index (κ3) is 7.42. The van der Waals surface area contributed by atoms with Gasteiger partial charge in [-0.3, -0.25) is 19.3 Å². The van der Waals surface area contributed by atoms with Crippen LogP contribution in [0.15, 0.2) is 30.3 Å². The fourth-order valence-corrected chi connectivity index (χ4v) is 4.18. The largest absolute Gasteiger partial charge is 0.444 e. The molecule has 2 saturated heterocycles. The second-order valence-electron chi connectivity index (χ2n) is 10.8. The number of aliphatic hydroxyl groups excluding tert-OH is 1. The van der Waals surface area contributed by atoms with E-state index in [1.165, 1.54) is 25.7 Å². The molecule has 1 aromatic carbocycles. The predicted molar refractivity (Wildman–Crippen MR) is 130 cm³/mol. The van der Waals surface area contributed by atoms with Gasteiger partial charge < -0.3 is 29.4 Å². The molecule has 1 aromatic rings. The van der Waals surface area contributed by atoms with E-state index in [1.807, 2.05) is 30.3 Å². The minimum atomic E-state index is -1.61. The highest BCUT2D eigenvalue weighted by Gasteiger charge is 2.49.